The lowest BCUT2D eigenvalue weighted by Crippen LogP contribution is -2.39. The van der Waals surface area contributed by atoms with Crippen molar-refractivity contribution < 1.29 is 9.53 Å². The molecule has 1 aromatic rings. The molecule has 1 atom stereocenters. The number of hydrogen-bond acceptors (Lipinski definition) is 3. The van der Waals surface area contributed by atoms with Gasteiger partial charge in [0.05, 0.1) is 0 Å². The van der Waals surface area contributed by atoms with Crippen LogP contribution in [0, 0.1) is 0 Å². The van der Waals surface area contributed by atoms with E-state index in [1.165, 1.54) is 0 Å². The maximum Gasteiger partial charge on any atom is 0.407 e. The number of carbonyl (C=O) groups excluding carboxylic acids is 1. The molecule has 1 amide bonds. The van der Waals surface area contributed by atoms with Crippen LogP contribution in [0.5, 0.6) is 0 Å². The number of halogens is 1. The maximum atomic E-state index is 11.9. The van der Waals surface area contributed by atoms with E-state index in [4.69, 9.17) is 16.3 Å². The van der Waals surface area contributed by atoms with Gasteiger partial charge in [0, 0.05) is 24.2 Å². The Bertz CT molecular complexity index is 665. The average Bonchev–Trinajstić information content (AvgIpc) is 2.55. The summed E-state index contributed by atoms with van der Waals surface area (Å²) in [5, 5.41) is 3.53. The maximum absolute atomic E-state index is 11.9. The van der Waals surface area contributed by atoms with Crippen LogP contribution >= 0.6 is 11.6 Å². The van der Waals surface area contributed by atoms with Crippen LogP contribution in [-0.2, 0) is 4.74 Å². The first kappa shape index (κ1) is 23.3. The molecule has 5 heteroatoms. The zero-order valence-electron chi connectivity index (χ0n) is 17.3. The Labute approximate surface area is 169 Å². The second-order valence-corrected chi connectivity index (χ2v) is 8.15. The van der Waals surface area contributed by atoms with Crippen molar-refractivity contribution in [2.24, 2.45) is 0 Å². The summed E-state index contributed by atoms with van der Waals surface area (Å²) in [6.45, 7) is 19.8. The molecule has 27 heavy (non-hydrogen) atoms. The summed E-state index contributed by atoms with van der Waals surface area (Å²) in [6, 6.07) is 6.03. The summed E-state index contributed by atoms with van der Waals surface area (Å²) in [5.41, 5.74) is 2.78. The number of amides is 1. The van der Waals surface area contributed by atoms with Gasteiger partial charge in [-0.2, -0.15) is 0 Å². The van der Waals surface area contributed by atoms with Crippen LogP contribution in [0.2, 0.25) is 5.02 Å². The third-order valence-corrected chi connectivity index (χ3v) is 4.32. The van der Waals surface area contributed by atoms with Crippen LogP contribution < -0.4 is 5.32 Å². The molecule has 0 aliphatic heterocycles. The van der Waals surface area contributed by atoms with E-state index in [1.54, 1.807) is 0 Å². The SMILES string of the molecule is C=Cc1cc(Cl)ccc1C(CC(=C)C)N(CC)CCNC(=O)OC(C)(C)C. The highest BCUT2D eigenvalue weighted by molar-refractivity contribution is 6.30. The summed E-state index contributed by atoms with van der Waals surface area (Å²) in [5.74, 6) is 0. The van der Waals surface area contributed by atoms with Crippen molar-refractivity contribution in [2.75, 3.05) is 19.6 Å². The summed E-state index contributed by atoms with van der Waals surface area (Å²) in [7, 11) is 0. The molecular weight excluding hydrogens is 360 g/mol. The van der Waals surface area contributed by atoms with Crippen LogP contribution in [0.15, 0.2) is 36.9 Å². The van der Waals surface area contributed by atoms with Gasteiger partial charge in [-0.25, -0.2) is 4.79 Å². The van der Waals surface area contributed by atoms with E-state index >= 15 is 0 Å². The van der Waals surface area contributed by atoms with Crippen LogP contribution in [0.3, 0.4) is 0 Å². The van der Waals surface area contributed by atoms with Crippen molar-refractivity contribution in [3.8, 4) is 0 Å². The minimum absolute atomic E-state index is 0.137. The Morgan fingerprint density at radius 1 is 1.41 bits per heavy atom. The predicted octanol–water partition coefficient (Wildman–Crippen LogP) is 5.84. The lowest BCUT2D eigenvalue weighted by molar-refractivity contribution is 0.0518. The van der Waals surface area contributed by atoms with E-state index in [0.717, 1.165) is 29.7 Å². The quantitative estimate of drug-likeness (QED) is 0.537. The van der Waals surface area contributed by atoms with E-state index in [9.17, 15) is 4.79 Å². The van der Waals surface area contributed by atoms with Gasteiger partial charge in [0.2, 0.25) is 0 Å². The van der Waals surface area contributed by atoms with Gasteiger partial charge in [-0.05, 0) is 63.9 Å². The van der Waals surface area contributed by atoms with Crippen molar-refractivity contribution in [2.45, 2.75) is 52.7 Å². The van der Waals surface area contributed by atoms with E-state index in [1.807, 2.05) is 45.9 Å². The molecule has 0 saturated heterocycles. The molecule has 0 fully saturated rings. The highest BCUT2D eigenvalue weighted by Gasteiger charge is 2.22. The van der Waals surface area contributed by atoms with Gasteiger partial charge in [0.1, 0.15) is 5.60 Å². The molecule has 150 valence electrons. The molecule has 0 radical (unpaired) electrons. The fourth-order valence-corrected chi connectivity index (χ4v) is 3.12. The van der Waals surface area contributed by atoms with Crippen molar-refractivity contribution in [1.29, 1.82) is 0 Å². The molecule has 0 spiro atoms. The summed E-state index contributed by atoms with van der Waals surface area (Å²) < 4.78 is 5.30. The van der Waals surface area contributed by atoms with Crippen LogP contribution in [0.4, 0.5) is 4.79 Å². The molecule has 0 saturated carbocycles. The molecule has 1 N–H and O–H groups in total. The van der Waals surface area contributed by atoms with Crippen LogP contribution in [0.1, 0.15) is 58.2 Å². The molecule has 0 aromatic heterocycles. The topological polar surface area (TPSA) is 41.6 Å². The number of benzene rings is 1. The second-order valence-electron chi connectivity index (χ2n) is 7.71. The monoisotopic (exact) mass is 392 g/mol. The van der Waals surface area contributed by atoms with Crippen molar-refractivity contribution >= 4 is 23.8 Å². The third kappa shape index (κ3) is 8.19. The highest BCUT2D eigenvalue weighted by atomic mass is 35.5. The molecule has 1 rings (SSSR count). The molecular formula is C22H33ClN2O2. The Morgan fingerprint density at radius 2 is 2.07 bits per heavy atom. The summed E-state index contributed by atoms with van der Waals surface area (Å²) >= 11 is 6.15. The largest absolute Gasteiger partial charge is 0.444 e. The number of hydrogen-bond donors (Lipinski definition) is 1. The van der Waals surface area contributed by atoms with Crippen molar-refractivity contribution in [3.05, 3.63) is 53.1 Å². The first-order chi connectivity index (χ1) is 12.6. The van der Waals surface area contributed by atoms with E-state index in [2.05, 4.69) is 36.4 Å². The summed E-state index contributed by atoms with van der Waals surface area (Å²) in [4.78, 5) is 14.2. The Hall–Kier alpha value is -1.78. The fourth-order valence-electron chi connectivity index (χ4n) is 2.94. The lowest BCUT2D eigenvalue weighted by atomic mass is 9.94. The van der Waals surface area contributed by atoms with Crippen LogP contribution in [-0.4, -0.2) is 36.2 Å². The van der Waals surface area contributed by atoms with Gasteiger partial charge >= 0.3 is 6.09 Å². The van der Waals surface area contributed by atoms with Gasteiger partial charge in [0.25, 0.3) is 0 Å². The smallest absolute Gasteiger partial charge is 0.407 e. The minimum Gasteiger partial charge on any atom is -0.444 e. The summed E-state index contributed by atoms with van der Waals surface area (Å²) in [6.07, 6.45) is 2.26. The predicted molar refractivity (Wildman–Crippen MR) is 115 cm³/mol. The van der Waals surface area contributed by atoms with Crippen molar-refractivity contribution in [1.82, 2.24) is 10.2 Å². The van der Waals surface area contributed by atoms with Gasteiger partial charge in [0.15, 0.2) is 0 Å². The molecule has 4 nitrogen and oxygen atoms in total. The van der Waals surface area contributed by atoms with Gasteiger partial charge < -0.3 is 10.1 Å². The number of likely N-dealkylation sites (N-methyl/N-ethyl adjacent to an activating group) is 1. The molecule has 1 aromatic carbocycles. The molecule has 1 unspecified atom stereocenters. The Morgan fingerprint density at radius 3 is 2.59 bits per heavy atom. The number of nitrogens with one attached hydrogen (secondary N) is 1. The third-order valence-electron chi connectivity index (χ3n) is 4.08. The van der Waals surface area contributed by atoms with Gasteiger partial charge in [-0.15, -0.1) is 6.58 Å². The van der Waals surface area contributed by atoms with E-state index in [0.29, 0.717) is 18.1 Å². The lowest BCUT2D eigenvalue weighted by Gasteiger charge is -2.32. The second kappa shape index (κ2) is 10.5. The number of nitrogens with zero attached hydrogens (tertiary/aromatic N) is 1. The highest BCUT2D eigenvalue weighted by Crippen LogP contribution is 2.31. The fraction of sp³-hybridized carbons (Fsp3) is 0.500. The zero-order valence-corrected chi connectivity index (χ0v) is 18.0. The number of carbonyl (C=O) groups is 1. The zero-order chi connectivity index (χ0) is 20.6. The Kier molecular flexibility index (Phi) is 9.07. The number of ether oxygens (including phenoxy) is 1. The van der Waals surface area contributed by atoms with E-state index < -0.39 is 11.7 Å². The average molecular weight is 393 g/mol. The molecule has 0 aliphatic carbocycles. The Balaban J connectivity index is 2.92. The molecule has 0 heterocycles. The molecule has 0 bridgehead atoms. The number of rotatable bonds is 9. The van der Waals surface area contributed by atoms with Gasteiger partial charge in [-0.3, -0.25) is 4.90 Å². The first-order valence-electron chi connectivity index (χ1n) is 9.34. The van der Waals surface area contributed by atoms with E-state index in [-0.39, 0.29) is 6.04 Å². The minimum atomic E-state index is -0.501. The standard InChI is InChI=1S/C22H33ClN2O2/c1-8-17-15-18(23)10-11-19(17)20(14-16(3)4)25(9-2)13-12-24-21(26)27-22(5,6)7/h8,10-11,15,20H,1,3,9,12-14H2,2,4-7H3,(H,24,26). The van der Waals surface area contributed by atoms with Crippen molar-refractivity contribution in [3.63, 3.8) is 0 Å². The van der Waals surface area contributed by atoms with Gasteiger partial charge in [-0.1, -0.05) is 42.8 Å². The van der Waals surface area contributed by atoms with Crippen LogP contribution in [0.25, 0.3) is 6.08 Å². The normalized spacial score (nSPS) is 12.6. The number of alkyl carbamates (subject to hydrolysis) is 1. The molecule has 0 aliphatic rings. The first-order valence-corrected chi connectivity index (χ1v) is 9.72.